The second kappa shape index (κ2) is 5.48. The van der Waals surface area contributed by atoms with Crippen molar-refractivity contribution in [1.29, 1.82) is 0 Å². The van der Waals surface area contributed by atoms with Gasteiger partial charge in [-0.1, -0.05) is 0 Å². The lowest BCUT2D eigenvalue weighted by molar-refractivity contribution is -0.159. The topological polar surface area (TPSA) is 75.7 Å². The van der Waals surface area contributed by atoms with Crippen LogP contribution >= 0.6 is 0 Å². The van der Waals surface area contributed by atoms with Crippen molar-refractivity contribution in [2.24, 2.45) is 0 Å². The highest BCUT2D eigenvalue weighted by molar-refractivity contribution is 6.32. The van der Waals surface area contributed by atoms with Crippen LogP contribution in [0.5, 0.6) is 0 Å². The summed E-state index contributed by atoms with van der Waals surface area (Å²) < 4.78 is 4.61. The van der Waals surface area contributed by atoms with Crippen LogP contribution in [-0.2, 0) is 19.1 Å². The first-order valence-electron chi connectivity index (χ1n) is 5.27. The molecule has 1 rings (SSSR count). The molecule has 0 saturated carbocycles. The van der Waals surface area contributed by atoms with Gasteiger partial charge < -0.3 is 15.0 Å². The highest BCUT2D eigenvalue weighted by Crippen LogP contribution is 2.09. The lowest BCUT2D eigenvalue weighted by Crippen LogP contribution is -2.40. The van der Waals surface area contributed by atoms with Crippen LogP contribution in [0.3, 0.4) is 0 Å². The second-order valence-electron chi connectivity index (χ2n) is 3.66. The molecule has 0 aromatic carbocycles. The maximum Gasteiger partial charge on any atom is 0.397 e. The molecule has 1 N–H and O–H groups in total. The fourth-order valence-corrected chi connectivity index (χ4v) is 1.67. The van der Waals surface area contributed by atoms with Crippen molar-refractivity contribution in [2.75, 3.05) is 19.7 Å². The van der Waals surface area contributed by atoms with E-state index >= 15 is 0 Å². The normalized spacial score (nSPS) is 19.4. The summed E-state index contributed by atoms with van der Waals surface area (Å²) in [4.78, 5) is 34.9. The fourth-order valence-electron chi connectivity index (χ4n) is 1.67. The van der Waals surface area contributed by atoms with E-state index in [4.69, 9.17) is 0 Å². The van der Waals surface area contributed by atoms with E-state index < -0.39 is 11.9 Å². The number of hydrogen-bond donors (Lipinski definition) is 1. The monoisotopic (exact) mass is 228 g/mol. The largest absolute Gasteiger partial charge is 0.459 e. The number of esters is 1. The lowest BCUT2D eigenvalue weighted by Gasteiger charge is -2.15. The van der Waals surface area contributed by atoms with Crippen LogP contribution in [-0.4, -0.2) is 48.4 Å². The predicted molar refractivity (Wildman–Crippen MR) is 55.4 cm³/mol. The minimum atomic E-state index is -0.828. The van der Waals surface area contributed by atoms with Gasteiger partial charge in [0.15, 0.2) is 0 Å². The molecule has 1 atom stereocenters. The zero-order valence-electron chi connectivity index (χ0n) is 9.49. The van der Waals surface area contributed by atoms with Gasteiger partial charge in [0, 0.05) is 26.1 Å². The van der Waals surface area contributed by atoms with Gasteiger partial charge >= 0.3 is 11.9 Å². The zero-order chi connectivity index (χ0) is 12.1. The Labute approximate surface area is 93.9 Å². The Morgan fingerprint density at radius 1 is 1.44 bits per heavy atom. The number of rotatable bonds is 2. The van der Waals surface area contributed by atoms with E-state index in [1.54, 1.807) is 6.92 Å². The van der Waals surface area contributed by atoms with Crippen LogP contribution in [0.25, 0.3) is 0 Å². The van der Waals surface area contributed by atoms with Gasteiger partial charge in [-0.15, -0.1) is 0 Å². The Morgan fingerprint density at radius 3 is 2.69 bits per heavy atom. The zero-order valence-corrected chi connectivity index (χ0v) is 9.49. The standard InChI is InChI=1S/C10H16N2O4/c1-3-16-10(15)9(14)12-5-4-8(6-12)11-7(2)13/h8H,3-6H2,1-2H3,(H,11,13). The average molecular weight is 228 g/mol. The van der Waals surface area contributed by atoms with E-state index in [0.717, 1.165) is 0 Å². The molecule has 90 valence electrons. The molecule has 0 aromatic rings. The summed E-state index contributed by atoms with van der Waals surface area (Å²) in [6, 6.07) is -0.0594. The summed E-state index contributed by atoms with van der Waals surface area (Å²) in [5.74, 6) is -1.59. The van der Waals surface area contributed by atoms with Gasteiger partial charge in [-0.3, -0.25) is 9.59 Å². The lowest BCUT2D eigenvalue weighted by atomic mass is 10.3. The number of likely N-dealkylation sites (tertiary alicyclic amines) is 1. The number of amides is 2. The van der Waals surface area contributed by atoms with E-state index in [0.29, 0.717) is 19.5 Å². The third-order valence-corrected chi connectivity index (χ3v) is 2.33. The summed E-state index contributed by atoms with van der Waals surface area (Å²) in [5, 5.41) is 2.71. The van der Waals surface area contributed by atoms with Crippen LogP contribution in [0, 0.1) is 0 Å². The van der Waals surface area contributed by atoms with Gasteiger partial charge in [0.25, 0.3) is 0 Å². The third-order valence-electron chi connectivity index (χ3n) is 2.33. The van der Waals surface area contributed by atoms with Crippen LogP contribution in [0.15, 0.2) is 0 Å². The van der Waals surface area contributed by atoms with Crippen LogP contribution < -0.4 is 5.32 Å². The molecule has 0 aromatic heterocycles. The molecule has 0 bridgehead atoms. The van der Waals surface area contributed by atoms with Gasteiger partial charge in [-0.05, 0) is 13.3 Å². The Bertz CT molecular complexity index is 303. The Kier molecular flexibility index (Phi) is 4.28. The molecule has 1 fully saturated rings. The van der Waals surface area contributed by atoms with Gasteiger partial charge in [-0.2, -0.15) is 0 Å². The van der Waals surface area contributed by atoms with Crippen molar-refractivity contribution in [1.82, 2.24) is 10.2 Å². The highest BCUT2D eigenvalue weighted by atomic mass is 16.5. The number of ether oxygens (including phenoxy) is 1. The molecule has 1 aliphatic rings. The van der Waals surface area contributed by atoms with E-state index in [-0.39, 0.29) is 18.6 Å². The maximum atomic E-state index is 11.5. The molecule has 0 spiro atoms. The summed E-state index contributed by atoms with van der Waals surface area (Å²) in [6.45, 7) is 4.11. The first-order valence-corrected chi connectivity index (χ1v) is 5.27. The van der Waals surface area contributed by atoms with Crippen LogP contribution in [0.4, 0.5) is 0 Å². The quantitative estimate of drug-likeness (QED) is 0.500. The first kappa shape index (κ1) is 12.5. The maximum absolute atomic E-state index is 11.5. The Balaban J connectivity index is 2.43. The molecule has 1 heterocycles. The van der Waals surface area contributed by atoms with E-state index in [1.165, 1.54) is 11.8 Å². The summed E-state index contributed by atoms with van der Waals surface area (Å²) in [7, 11) is 0. The molecule has 16 heavy (non-hydrogen) atoms. The van der Waals surface area contributed by atoms with E-state index in [9.17, 15) is 14.4 Å². The van der Waals surface area contributed by atoms with Crippen LogP contribution in [0.2, 0.25) is 0 Å². The fraction of sp³-hybridized carbons (Fsp3) is 0.700. The molecule has 1 saturated heterocycles. The van der Waals surface area contributed by atoms with Crippen molar-refractivity contribution < 1.29 is 19.1 Å². The molecular weight excluding hydrogens is 212 g/mol. The minimum Gasteiger partial charge on any atom is -0.459 e. The van der Waals surface area contributed by atoms with E-state index in [2.05, 4.69) is 10.1 Å². The van der Waals surface area contributed by atoms with Crippen LogP contribution in [0.1, 0.15) is 20.3 Å². The molecule has 1 unspecified atom stereocenters. The van der Waals surface area contributed by atoms with Crippen molar-refractivity contribution in [2.45, 2.75) is 26.3 Å². The molecule has 0 aliphatic carbocycles. The summed E-state index contributed by atoms with van der Waals surface area (Å²) >= 11 is 0. The molecule has 0 radical (unpaired) electrons. The smallest absolute Gasteiger partial charge is 0.397 e. The summed E-state index contributed by atoms with van der Waals surface area (Å²) in [5.41, 5.74) is 0. The van der Waals surface area contributed by atoms with E-state index in [1.807, 2.05) is 0 Å². The van der Waals surface area contributed by atoms with Crippen molar-refractivity contribution >= 4 is 17.8 Å². The van der Waals surface area contributed by atoms with Gasteiger partial charge in [0.05, 0.1) is 6.61 Å². The highest BCUT2D eigenvalue weighted by Gasteiger charge is 2.30. The number of carbonyl (C=O) groups is 3. The van der Waals surface area contributed by atoms with Gasteiger partial charge in [0.2, 0.25) is 5.91 Å². The molecular formula is C10H16N2O4. The Hall–Kier alpha value is -1.59. The van der Waals surface area contributed by atoms with Crippen molar-refractivity contribution in [3.63, 3.8) is 0 Å². The molecule has 6 heteroatoms. The average Bonchev–Trinajstić information content (AvgIpc) is 2.64. The number of nitrogens with zero attached hydrogens (tertiary/aromatic N) is 1. The summed E-state index contributed by atoms with van der Waals surface area (Å²) in [6.07, 6.45) is 0.671. The van der Waals surface area contributed by atoms with Crippen molar-refractivity contribution in [3.05, 3.63) is 0 Å². The third kappa shape index (κ3) is 3.22. The second-order valence-corrected chi connectivity index (χ2v) is 3.66. The predicted octanol–water partition coefficient (Wildman–Crippen LogP) is -0.713. The number of nitrogens with one attached hydrogen (secondary N) is 1. The minimum absolute atomic E-state index is 0.0594. The first-order chi connectivity index (χ1) is 7.54. The molecule has 2 amide bonds. The van der Waals surface area contributed by atoms with Gasteiger partial charge in [-0.25, -0.2) is 4.79 Å². The number of carbonyl (C=O) groups excluding carboxylic acids is 3. The van der Waals surface area contributed by atoms with Crippen molar-refractivity contribution in [3.8, 4) is 0 Å². The Morgan fingerprint density at radius 2 is 2.12 bits per heavy atom. The SMILES string of the molecule is CCOC(=O)C(=O)N1CCC(NC(C)=O)C1. The number of hydrogen-bond acceptors (Lipinski definition) is 4. The van der Waals surface area contributed by atoms with Gasteiger partial charge in [0.1, 0.15) is 0 Å². The molecule has 1 aliphatic heterocycles. The molecule has 6 nitrogen and oxygen atoms in total.